The Kier molecular flexibility index (Phi) is 4.70. The lowest BCUT2D eigenvalue weighted by atomic mass is 10.2. The summed E-state index contributed by atoms with van der Waals surface area (Å²) < 4.78 is 5.19. The van der Waals surface area contributed by atoms with Gasteiger partial charge in [0.05, 0.1) is 15.7 Å². The highest BCUT2D eigenvalue weighted by molar-refractivity contribution is 7.14. The van der Waals surface area contributed by atoms with Crippen LogP contribution in [-0.4, -0.2) is 10.9 Å². The molecule has 0 saturated heterocycles. The molecule has 4 aromatic rings. The number of aromatic nitrogens is 1. The monoisotopic (exact) mass is 416 g/mol. The lowest BCUT2D eigenvalue weighted by molar-refractivity contribution is 0.102. The minimum absolute atomic E-state index is 0.0833. The van der Waals surface area contributed by atoms with E-state index in [1.165, 1.54) is 17.4 Å². The van der Waals surface area contributed by atoms with Crippen LogP contribution < -0.4 is 10.9 Å². The normalized spacial score (nSPS) is 10.9. The van der Waals surface area contributed by atoms with Gasteiger partial charge in [-0.15, -0.1) is 11.3 Å². The van der Waals surface area contributed by atoms with Crippen molar-refractivity contribution in [2.75, 3.05) is 5.32 Å². The molecule has 2 aromatic carbocycles. The van der Waals surface area contributed by atoms with Gasteiger partial charge in [-0.25, -0.2) is 9.78 Å². The number of nitrogens with one attached hydrogen (secondary N) is 1. The summed E-state index contributed by atoms with van der Waals surface area (Å²) in [4.78, 5) is 28.9. The Balaban J connectivity index is 1.60. The summed E-state index contributed by atoms with van der Waals surface area (Å²) in [5, 5.41) is 6.29. The van der Waals surface area contributed by atoms with Gasteiger partial charge in [0.1, 0.15) is 11.1 Å². The smallest absolute Gasteiger partial charge is 0.349 e. The Morgan fingerprint density at radius 3 is 2.70 bits per heavy atom. The van der Waals surface area contributed by atoms with Crippen LogP contribution in [0.4, 0.5) is 5.13 Å². The molecule has 0 aliphatic carbocycles. The molecule has 5 nitrogen and oxygen atoms in total. The third kappa shape index (κ3) is 3.60. The number of anilines is 1. The van der Waals surface area contributed by atoms with Crippen molar-refractivity contribution in [3.8, 4) is 11.3 Å². The van der Waals surface area contributed by atoms with Crippen LogP contribution in [0.15, 0.2) is 63.1 Å². The van der Waals surface area contributed by atoms with Gasteiger partial charge in [-0.3, -0.25) is 10.1 Å². The molecule has 0 spiro atoms. The third-order valence-corrected chi connectivity index (χ3v) is 5.32. The van der Waals surface area contributed by atoms with Gasteiger partial charge in [0, 0.05) is 16.3 Å². The first-order valence-electron chi connectivity index (χ1n) is 7.76. The van der Waals surface area contributed by atoms with Crippen molar-refractivity contribution in [2.45, 2.75) is 0 Å². The SMILES string of the molecule is O=C(Nc1nc(-c2ccc(Cl)c(Cl)c2)cs1)c1cc2ccccc2oc1=O. The van der Waals surface area contributed by atoms with E-state index in [0.717, 1.165) is 5.56 Å². The largest absolute Gasteiger partial charge is 0.422 e. The Hall–Kier alpha value is -2.67. The molecule has 8 heteroatoms. The predicted molar refractivity (Wildman–Crippen MR) is 108 cm³/mol. The molecule has 0 radical (unpaired) electrons. The van der Waals surface area contributed by atoms with Crippen molar-refractivity contribution in [3.05, 3.63) is 79.9 Å². The third-order valence-electron chi connectivity index (χ3n) is 3.83. The first-order valence-corrected chi connectivity index (χ1v) is 9.40. The second-order valence-electron chi connectivity index (χ2n) is 5.61. The summed E-state index contributed by atoms with van der Waals surface area (Å²) in [5.74, 6) is -0.579. The van der Waals surface area contributed by atoms with Crippen molar-refractivity contribution in [1.82, 2.24) is 4.98 Å². The zero-order chi connectivity index (χ0) is 19.0. The summed E-state index contributed by atoms with van der Waals surface area (Å²) in [6, 6.07) is 13.7. The van der Waals surface area contributed by atoms with E-state index < -0.39 is 11.5 Å². The number of amides is 1. The van der Waals surface area contributed by atoms with Crippen molar-refractivity contribution >= 4 is 56.5 Å². The van der Waals surface area contributed by atoms with Crippen LogP contribution in [0.2, 0.25) is 10.0 Å². The van der Waals surface area contributed by atoms with E-state index in [1.807, 2.05) is 0 Å². The lowest BCUT2D eigenvalue weighted by Gasteiger charge is -2.02. The van der Waals surface area contributed by atoms with Gasteiger partial charge in [-0.2, -0.15) is 0 Å². The molecule has 0 aliphatic rings. The Morgan fingerprint density at radius 2 is 1.89 bits per heavy atom. The van der Waals surface area contributed by atoms with E-state index >= 15 is 0 Å². The standard InChI is InChI=1S/C19H10Cl2N2O3S/c20-13-6-5-10(8-14(13)21)15-9-27-19(22-15)23-17(24)12-7-11-3-1-2-4-16(11)26-18(12)25/h1-9H,(H,22,23,24). The highest BCUT2D eigenvalue weighted by Crippen LogP contribution is 2.30. The van der Waals surface area contributed by atoms with Gasteiger partial charge in [0.2, 0.25) is 0 Å². The van der Waals surface area contributed by atoms with E-state index in [4.69, 9.17) is 27.6 Å². The maximum atomic E-state index is 12.5. The number of benzene rings is 2. The molecule has 1 amide bonds. The number of carbonyl (C=O) groups is 1. The molecule has 134 valence electrons. The fraction of sp³-hybridized carbons (Fsp3) is 0. The molecule has 0 aliphatic heterocycles. The van der Waals surface area contributed by atoms with Crippen LogP contribution >= 0.6 is 34.5 Å². The first kappa shape index (κ1) is 17.7. The maximum absolute atomic E-state index is 12.5. The minimum atomic E-state index is -0.701. The van der Waals surface area contributed by atoms with E-state index in [0.29, 0.717) is 31.8 Å². The van der Waals surface area contributed by atoms with E-state index in [1.54, 1.807) is 47.8 Å². The van der Waals surface area contributed by atoms with Crippen LogP contribution in [0, 0.1) is 0 Å². The van der Waals surface area contributed by atoms with Gasteiger partial charge in [0.25, 0.3) is 5.91 Å². The van der Waals surface area contributed by atoms with Gasteiger partial charge in [0.15, 0.2) is 5.13 Å². The van der Waals surface area contributed by atoms with Gasteiger partial charge >= 0.3 is 5.63 Å². The summed E-state index contributed by atoms with van der Waals surface area (Å²) >= 11 is 13.2. The van der Waals surface area contributed by atoms with Crippen molar-refractivity contribution < 1.29 is 9.21 Å². The zero-order valence-electron chi connectivity index (χ0n) is 13.5. The molecule has 2 heterocycles. The molecule has 0 unspecified atom stereocenters. The molecule has 4 rings (SSSR count). The average molecular weight is 417 g/mol. The number of hydrogen-bond acceptors (Lipinski definition) is 5. The highest BCUT2D eigenvalue weighted by atomic mass is 35.5. The second-order valence-corrected chi connectivity index (χ2v) is 7.28. The van der Waals surface area contributed by atoms with E-state index in [9.17, 15) is 9.59 Å². The highest BCUT2D eigenvalue weighted by Gasteiger charge is 2.16. The Bertz CT molecular complexity index is 1230. The number of fused-ring (bicyclic) bond motifs is 1. The minimum Gasteiger partial charge on any atom is -0.422 e. The summed E-state index contributed by atoms with van der Waals surface area (Å²) in [5.41, 5.74) is 1.05. The van der Waals surface area contributed by atoms with Gasteiger partial charge < -0.3 is 4.42 Å². The molecule has 0 atom stereocenters. The molecule has 0 saturated carbocycles. The van der Waals surface area contributed by atoms with Crippen LogP contribution in [0.5, 0.6) is 0 Å². The van der Waals surface area contributed by atoms with Gasteiger partial charge in [-0.1, -0.05) is 47.5 Å². The lowest BCUT2D eigenvalue weighted by Crippen LogP contribution is -2.20. The fourth-order valence-corrected chi connectivity index (χ4v) is 3.52. The van der Waals surface area contributed by atoms with Crippen LogP contribution in [0.1, 0.15) is 10.4 Å². The molecule has 27 heavy (non-hydrogen) atoms. The molecular formula is C19H10Cl2N2O3S. The van der Waals surface area contributed by atoms with Crippen LogP contribution in [0.3, 0.4) is 0 Å². The fourth-order valence-electron chi connectivity index (χ4n) is 2.50. The number of carbonyl (C=O) groups excluding carboxylic acids is 1. The van der Waals surface area contributed by atoms with Gasteiger partial charge in [-0.05, 0) is 24.3 Å². The quantitative estimate of drug-likeness (QED) is 0.449. The van der Waals surface area contributed by atoms with Crippen LogP contribution in [-0.2, 0) is 0 Å². The molecule has 1 N–H and O–H groups in total. The van der Waals surface area contributed by atoms with Crippen molar-refractivity contribution in [2.24, 2.45) is 0 Å². The van der Waals surface area contributed by atoms with E-state index in [-0.39, 0.29) is 5.56 Å². The number of thiazole rings is 1. The molecule has 0 bridgehead atoms. The number of halogens is 2. The number of rotatable bonds is 3. The number of hydrogen-bond donors (Lipinski definition) is 1. The Morgan fingerprint density at radius 1 is 1.07 bits per heavy atom. The van der Waals surface area contributed by atoms with Crippen molar-refractivity contribution in [1.29, 1.82) is 0 Å². The molecule has 2 aromatic heterocycles. The predicted octanol–water partition coefficient (Wildman–Crippen LogP) is 5.48. The summed E-state index contributed by atoms with van der Waals surface area (Å²) in [6.07, 6.45) is 0. The van der Waals surface area contributed by atoms with Crippen molar-refractivity contribution in [3.63, 3.8) is 0 Å². The molecular weight excluding hydrogens is 407 g/mol. The summed E-state index contributed by atoms with van der Waals surface area (Å²) in [7, 11) is 0. The van der Waals surface area contributed by atoms with E-state index in [2.05, 4.69) is 10.3 Å². The number of para-hydroxylation sites is 1. The van der Waals surface area contributed by atoms with Crippen LogP contribution in [0.25, 0.3) is 22.2 Å². The maximum Gasteiger partial charge on any atom is 0.349 e. The zero-order valence-corrected chi connectivity index (χ0v) is 15.9. The summed E-state index contributed by atoms with van der Waals surface area (Å²) in [6.45, 7) is 0. The first-order chi connectivity index (χ1) is 13.0. The Labute approximate surface area is 167 Å². The topological polar surface area (TPSA) is 72.2 Å². The number of nitrogens with zero attached hydrogens (tertiary/aromatic N) is 1. The average Bonchev–Trinajstić information content (AvgIpc) is 3.11. The molecule has 0 fully saturated rings. The second kappa shape index (κ2) is 7.15.